The van der Waals surface area contributed by atoms with Crippen molar-refractivity contribution in [2.24, 2.45) is 13.0 Å². The molecule has 0 bridgehead atoms. The molecule has 23 heavy (non-hydrogen) atoms. The van der Waals surface area contributed by atoms with Crippen LogP contribution in [0.25, 0.3) is 0 Å². The van der Waals surface area contributed by atoms with Crippen LogP contribution in [0.5, 0.6) is 0 Å². The first-order valence-electron chi connectivity index (χ1n) is 7.34. The van der Waals surface area contributed by atoms with Gasteiger partial charge in [0, 0.05) is 24.8 Å². The van der Waals surface area contributed by atoms with Gasteiger partial charge in [-0.1, -0.05) is 0 Å². The molecule has 0 spiro atoms. The van der Waals surface area contributed by atoms with Crippen molar-refractivity contribution in [1.29, 1.82) is 0 Å². The molecule has 1 saturated carbocycles. The van der Waals surface area contributed by atoms with Gasteiger partial charge >= 0.3 is 6.18 Å². The minimum Gasteiger partial charge on any atom is -0.352 e. The molecule has 0 aromatic carbocycles. The molecule has 0 aliphatic heterocycles. The number of rotatable bonds is 4. The van der Waals surface area contributed by atoms with Crippen molar-refractivity contribution < 1.29 is 18.0 Å². The molecule has 1 aliphatic rings. The van der Waals surface area contributed by atoms with E-state index in [0.717, 1.165) is 5.56 Å². The first-order valence-corrected chi connectivity index (χ1v) is 7.34. The summed E-state index contributed by atoms with van der Waals surface area (Å²) in [6.07, 6.45) is 0.0801. The van der Waals surface area contributed by atoms with Crippen LogP contribution in [0.2, 0.25) is 0 Å². The van der Waals surface area contributed by atoms with Gasteiger partial charge in [0.15, 0.2) is 0 Å². The molecular weight excluding hydrogens is 333 g/mol. The molecule has 1 amide bonds. The van der Waals surface area contributed by atoms with Crippen LogP contribution in [-0.2, 0) is 11.8 Å². The third kappa shape index (κ3) is 5.10. The van der Waals surface area contributed by atoms with Crippen LogP contribution in [-0.4, -0.2) is 35.0 Å². The highest BCUT2D eigenvalue weighted by molar-refractivity contribution is 5.85. The molecule has 0 saturated heterocycles. The van der Waals surface area contributed by atoms with E-state index in [2.05, 4.69) is 15.7 Å². The molecule has 132 valence electrons. The maximum absolute atomic E-state index is 12.6. The number of carbonyl (C=O) groups is 1. The highest BCUT2D eigenvalue weighted by atomic mass is 35.5. The quantitative estimate of drug-likeness (QED) is 0.872. The number of aryl methyl sites for hydroxylation is 1. The summed E-state index contributed by atoms with van der Waals surface area (Å²) < 4.78 is 39.5. The number of aromatic nitrogens is 2. The van der Waals surface area contributed by atoms with Gasteiger partial charge in [0.2, 0.25) is 5.91 Å². The molecule has 1 aliphatic carbocycles. The van der Waals surface area contributed by atoms with E-state index in [4.69, 9.17) is 0 Å². The van der Waals surface area contributed by atoms with Crippen LogP contribution in [0.15, 0.2) is 12.4 Å². The Balaban J connectivity index is 0.00000264. The predicted octanol–water partition coefficient (Wildman–Crippen LogP) is 2.34. The predicted molar refractivity (Wildman–Crippen MR) is 82.2 cm³/mol. The van der Waals surface area contributed by atoms with E-state index in [1.165, 1.54) is 0 Å². The van der Waals surface area contributed by atoms with E-state index < -0.39 is 18.1 Å². The van der Waals surface area contributed by atoms with E-state index in [9.17, 15) is 18.0 Å². The molecule has 1 unspecified atom stereocenters. The molecule has 1 fully saturated rings. The first-order chi connectivity index (χ1) is 10.3. The summed E-state index contributed by atoms with van der Waals surface area (Å²) >= 11 is 0. The van der Waals surface area contributed by atoms with Gasteiger partial charge in [-0.25, -0.2) is 0 Å². The standard InChI is InChI=1S/C14H21F3N4O.ClH/c1-18-12(9-7-19-21(2)8-9)13(22)20-11-5-3-10(4-6-11)14(15,16)17;/h7-8,10-12,18H,3-6H2,1-2H3,(H,20,22);1H. The smallest absolute Gasteiger partial charge is 0.352 e. The molecule has 1 atom stereocenters. The number of amides is 1. The summed E-state index contributed by atoms with van der Waals surface area (Å²) in [6, 6.07) is -0.743. The van der Waals surface area contributed by atoms with E-state index >= 15 is 0 Å². The monoisotopic (exact) mass is 354 g/mol. The lowest BCUT2D eigenvalue weighted by Crippen LogP contribution is -2.44. The third-order valence-corrected chi connectivity index (χ3v) is 4.15. The number of carbonyl (C=O) groups excluding carboxylic acids is 1. The number of hydrogen-bond donors (Lipinski definition) is 2. The van der Waals surface area contributed by atoms with Crippen molar-refractivity contribution in [1.82, 2.24) is 20.4 Å². The Labute approximate surface area is 139 Å². The lowest BCUT2D eigenvalue weighted by atomic mass is 9.85. The lowest BCUT2D eigenvalue weighted by Gasteiger charge is -2.31. The van der Waals surface area contributed by atoms with Crippen molar-refractivity contribution in [2.45, 2.75) is 43.9 Å². The Bertz CT molecular complexity index is 512. The SMILES string of the molecule is CNC(C(=O)NC1CCC(C(F)(F)F)CC1)c1cnn(C)c1.Cl. The Morgan fingerprint density at radius 2 is 1.96 bits per heavy atom. The minimum absolute atomic E-state index is 0. The van der Waals surface area contributed by atoms with E-state index in [1.54, 1.807) is 31.2 Å². The van der Waals surface area contributed by atoms with E-state index in [-0.39, 0.29) is 37.2 Å². The highest BCUT2D eigenvalue weighted by Gasteiger charge is 2.41. The van der Waals surface area contributed by atoms with Gasteiger partial charge < -0.3 is 10.6 Å². The van der Waals surface area contributed by atoms with Crippen molar-refractivity contribution in [3.05, 3.63) is 18.0 Å². The van der Waals surface area contributed by atoms with Gasteiger partial charge in [0.05, 0.1) is 12.1 Å². The second-order valence-electron chi connectivity index (χ2n) is 5.77. The van der Waals surface area contributed by atoms with Crippen molar-refractivity contribution in [2.75, 3.05) is 7.05 Å². The summed E-state index contributed by atoms with van der Waals surface area (Å²) in [7, 11) is 3.42. The topological polar surface area (TPSA) is 59.0 Å². The number of hydrogen-bond acceptors (Lipinski definition) is 3. The fourth-order valence-corrected chi connectivity index (χ4v) is 2.89. The second-order valence-corrected chi connectivity index (χ2v) is 5.77. The Morgan fingerprint density at radius 1 is 1.35 bits per heavy atom. The van der Waals surface area contributed by atoms with Crippen molar-refractivity contribution in [3.63, 3.8) is 0 Å². The van der Waals surface area contributed by atoms with Crippen LogP contribution < -0.4 is 10.6 Å². The van der Waals surface area contributed by atoms with E-state index in [0.29, 0.717) is 12.8 Å². The molecule has 9 heteroatoms. The molecule has 1 heterocycles. The summed E-state index contributed by atoms with van der Waals surface area (Å²) in [4.78, 5) is 12.3. The average Bonchev–Trinajstić information content (AvgIpc) is 2.85. The van der Waals surface area contributed by atoms with Crippen LogP contribution in [0.3, 0.4) is 0 Å². The zero-order chi connectivity index (χ0) is 16.3. The summed E-state index contributed by atoms with van der Waals surface area (Å²) in [5.41, 5.74) is 0.728. The largest absolute Gasteiger partial charge is 0.391 e. The van der Waals surface area contributed by atoms with Gasteiger partial charge in [-0.3, -0.25) is 9.48 Å². The summed E-state index contributed by atoms with van der Waals surface area (Å²) in [5.74, 6) is -1.47. The fourth-order valence-electron chi connectivity index (χ4n) is 2.89. The Kier molecular flexibility index (Phi) is 6.88. The van der Waals surface area contributed by atoms with Crippen LogP contribution >= 0.6 is 12.4 Å². The zero-order valence-corrected chi connectivity index (χ0v) is 13.9. The molecule has 5 nitrogen and oxygen atoms in total. The highest BCUT2D eigenvalue weighted by Crippen LogP contribution is 2.37. The number of nitrogens with zero attached hydrogens (tertiary/aromatic N) is 2. The zero-order valence-electron chi connectivity index (χ0n) is 13.1. The second kappa shape index (κ2) is 8.01. The van der Waals surface area contributed by atoms with Gasteiger partial charge in [-0.15, -0.1) is 12.4 Å². The molecular formula is C14H22ClF3N4O. The van der Waals surface area contributed by atoms with Crippen LogP contribution in [0.1, 0.15) is 37.3 Å². The molecule has 0 radical (unpaired) electrons. The van der Waals surface area contributed by atoms with Crippen molar-refractivity contribution >= 4 is 18.3 Å². The minimum atomic E-state index is -4.13. The summed E-state index contributed by atoms with van der Waals surface area (Å²) in [5, 5.41) is 9.78. The van der Waals surface area contributed by atoms with E-state index in [1.807, 2.05) is 0 Å². The molecule has 2 rings (SSSR count). The average molecular weight is 355 g/mol. The molecule has 2 N–H and O–H groups in total. The van der Waals surface area contributed by atoms with Gasteiger partial charge in [-0.05, 0) is 32.7 Å². The van der Waals surface area contributed by atoms with Crippen LogP contribution in [0, 0.1) is 5.92 Å². The first kappa shape index (κ1) is 19.8. The summed E-state index contributed by atoms with van der Waals surface area (Å²) in [6.45, 7) is 0. The lowest BCUT2D eigenvalue weighted by molar-refractivity contribution is -0.182. The fraction of sp³-hybridized carbons (Fsp3) is 0.714. The Hall–Kier alpha value is -1.28. The number of halogens is 4. The molecule has 1 aromatic rings. The maximum atomic E-state index is 12.6. The third-order valence-electron chi connectivity index (χ3n) is 4.15. The van der Waals surface area contributed by atoms with Gasteiger partial charge in [0.25, 0.3) is 0 Å². The number of alkyl halides is 3. The molecule has 1 aromatic heterocycles. The maximum Gasteiger partial charge on any atom is 0.391 e. The number of likely N-dealkylation sites (N-methyl/N-ethyl adjacent to an activating group) is 1. The number of nitrogens with one attached hydrogen (secondary N) is 2. The Morgan fingerprint density at radius 3 is 2.39 bits per heavy atom. The normalized spacial score (nSPS) is 23.0. The van der Waals surface area contributed by atoms with Gasteiger partial charge in [-0.2, -0.15) is 18.3 Å². The van der Waals surface area contributed by atoms with Crippen molar-refractivity contribution in [3.8, 4) is 0 Å². The van der Waals surface area contributed by atoms with Gasteiger partial charge in [0.1, 0.15) is 6.04 Å². The van der Waals surface area contributed by atoms with Crippen LogP contribution in [0.4, 0.5) is 13.2 Å².